The highest BCUT2D eigenvalue weighted by Gasteiger charge is 2.14. The van der Waals surface area contributed by atoms with Gasteiger partial charge in [0.15, 0.2) is 0 Å². The van der Waals surface area contributed by atoms with Gasteiger partial charge in [-0.25, -0.2) is 0 Å². The molecule has 0 saturated carbocycles. The van der Waals surface area contributed by atoms with Crippen LogP contribution in [0.3, 0.4) is 0 Å². The molecule has 0 spiro atoms. The monoisotopic (exact) mass is 324 g/mol. The van der Waals surface area contributed by atoms with Crippen LogP contribution in [0.1, 0.15) is 23.6 Å². The van der Waals surface area contributed by atoms with Crippen LogP contribution in [-0.4, -0.2) is 29.8 Å². The fraction of sp³-hybridized carbons (Fsp3) is 0.300. The lowest BCUT2D eigenvalue weighted by Crippen LogP contribution is -2.38. The molecule has 24 heavy (non-hydrogen) atoms. The number of carbonyl (C=O) groups excluding carboxylic acids is 2. The van der Waals surface area contributed by atoms with Crippen molar-refractivity contribution in [2.24, 2.45) is 0 Å². The van der Waals surface area contributed by atoms with Crippen LogP contribution in [0.4, 0.5) is 5.69 Å². The summed E-state index contributed by atoms with van der Waals surface area (Å²) in [7, 11) is 0. The number of aryl methyl sites for hydroxylation is 2. The molecule has 0 radical (unpaired) electrons. The Morgan fingerprint density at radius 1 is 1.00 bits per heavy atom. The van der Waals surface area contributed by atoms with Gasteiger partial charge in [-0.1, -0.05) is 36.4 Å². The lowest BCUT2D eigenvalue weighted by atomic mass is 10.1. The molecule has 0 aromatic heterocycles. The smallest absolute Gasteiger partial charge is 0.243 e. The SMILES string of the molecule is CC(=O)N(CCc1ccccc1)CC(=O)Nc1cc(C)cc(C)c1. The highest BCUT2D eigenvalue weighted by molar-refractivity contribution is 5.94. The molecule has 0 unspecified atom stereocenters. The van der Waals surface area contributed by atoms with Crippen molar-refractivity contribution in [1.82, 2.24) is 4.90 Å². The summed E-state index contributed by atoms with van der Waals surface area (Å²) < 4.78 is 0. The molecule has 4 nitrogen and oxygen atoms in total. The van der Waals surface area contributed by atoms with Crippen LogP contribution in [0.2, 0.25) is 0 Å². The Balaban J connectivity index is 1.94. The van der Waals surface area contributed by atoms with Crippen LogP contribution < -0.4 is 5.32 Å². The highest BCUT2D eigenvalue weighted by atomic mass is 16.2. The molecule has 0 aliphatic heterocycles. The Bertz CT molecular complexity index is 691. The first-order chi connectivity index (χ1) is 11.4. The van der Waals surface area contributed by atoms with Crippen molar-refractivity contribution in [3.05, 3.63) is 65.2 Å². The van der Waals surface area contributed by atoms with Crippen molar-refractivity contribution in [2.75, 3.05) is 18.4 Å². The van der Waals surface area contributed by atoms with Crippen molar-refractivity contribution in [1.29, 1.82) is 0 Å². The summed E-state index contributed by atoms with van der Waals surface area (Å²) in [6, 6.07) is 15.9. The second kappa shape index (κ2) is 8.29. The zero-order valence-electron chi connectivity index (χ0n) is 14.5. The summed E-state index contributed by atoms with van der Waals surface area (Å²) in [5.74, 6) is -0.273. The fourth-order valence-corrected chi connectivity index (χ4v) is 2.68. The van der Waals surface area contributed by atoms with E-state index in [-0.39, 0.29) is 18.4 Å². The Hall–Kier alpha value is -2.62. The number of hydrogen-bond acceptors (Lipinski definition) is 2. The number of carbonyl (C=O) groups is 2. The van der Waals surface area contributed by atoms with E-state index in [1.54, 1.807) is 4.90 Å². The second-order valence-electron chi connectivity index (χ2n) is 6.10. The normalized spacial score (nSPS) is 10.3. The molecule has 0 saturated heterocycles. The lowest BCUT2D eigenvalue weighted by Gasteiger charge is -2.20. The van der Waals surface area contributed by atoms with Gasteiger partial charge in [-0.2, -0.15) is 0 Å². The summed E-state index contributed by atoms with van der Waals surface area (Å²) in [4.78, 5) is 25.6. The minimum Gasteiger partial charge on any atom is -0.333 e. The molecule has 0 aliphatic rings. The Morgan fingerprint density at radius 2 is 1.62 bits per heavy atom. The molecule has 2 aromatic rings. The number of anilines is 1. The molecule has 2 amide bonds. The van der Waals surface area contributed by atoms with Crippen molar-refractivity contribution >= 4 is 17.5 Å². The van der Waals surface area contributed by atoms with Crippen molar-refractivity contribution in [3.8, 4) is 0 Å². The van der Waals surface area contributed by atoms with E-state index in [1.165, 1.54) is 6.92 Å². The first-order valence-corrected chi connectivity index (χ1v) is 8.11. The maximum atomic E-state index is 12.3. The fourth-order valence-electron chi connectivity index (χ4n) is 2.68. The predicted molar refractivity (Wildman–Crippen MR) is 96.9 cm³/mol. The predicted octanol–water partition coefficient (Wildman–Crippen LogP) is 3.33. The van der Waals surface area contributed by atoms with Crippen LogP contribution in [0.5, 0.6) is 0 Å². The van der Waals surface area contributed by atoms with E-state index in [9.17, 15) is 9.59 Å². The number of hydrogen-bond donors (Lipinski definition) is 1. The maximum Gasteiger partial charge on any atom is 0.243 e. The molecule has 0 atom stereocenters. The molecule has 2 rings (SSSR count). The van der Waals surface area contributed by atoms with Crippen molar-refractivity contribution < 1.29 is 9.59 Å². The third-order valence-electron chi connectivity index (χ3n) is 3.80. The van der Waals surface area contributed by atoms with Gasteiger partial charge in [-0.3, -0.25) is 9.59 Å². The Kier molecular flexibility index (Phi) is 6.13. The summed E-state index contributed by atoms with van der Waals surface area (Å²) in [5.41, 5.74) is 4.11. The molecular formula is C20H24N2O2. The van der Waals surface area contributed by atoms with E-state index < -0.39 is 0 Å². The van der Waals surface area contributed by atoms with Crippen LogP contribution in [0, 0.1) is 13.8 Å². The second-order valence-corrected chi connectivity index (χ2v) is 6.10. The summed E-state index contributed by atoms with van der Waals surface area (Å²) in [6.07, 6.45) is 0.733. The molecule has 0 heterocycles. The van der Waals surface area contributed by atoms with Crippen LogP contribution >= 0.6 is 0 Å². The van der Waals surface area contributed by atoms with Gasteiger partial charge in [0.2, 0.25) is 11.8 Å². The zero-order valence-corrected chi connectivity index (χ0v) is 14.5. The van der Waals surface area contributed by atoms with Gasteiger partial charge in [0, 0.05) is 19.2 Å². The number of amides is 2. The number of nitrogens with zero attached hydrogens (tertiary/aromatic N) is 1. The van der Waals surface area contributed by atoms with Crippen LogP contribution in [0.15, 0.2) is 48.5 Å². The van der Waals surface area contributed by atoms with Gasteiger partial charge in [-0.15, -0.1) is 0 Å². The van der Waals surface area contributed by atoms with Gasteiger partial charge in [0.1, 0.15) is 0 Å². The quantitative estimate of drug-likeness (QED) is 0.886. The average Bonchev–Trinajstić information content (AvgIpc) is 2.51. The largest absolute Gasteiger partial charge is 0.333 e. The first kappa shape index (κ1) is 17.7. The zero-order chi connectivity index (χ0) is 17.5. The van der Waals surface area contributed by atoms with Gasteiger partial charge in [-0.05, 0) is 49.1 Å². The standard InChI is InChI=1S/C20H24N2O2/c1-15-11-16(2)13-19(12-15)21-20(24)14-22(17(3)23)10-9-18-7-5-4-6-8-18/h4-8,11-13H,9-10,14H2,1-3H3,(H,21,24). The van der Waals surface area contributed by atoms with E-state index in [1.807, 2.05) is 56.3 Å². The van der Waals surface area contributed by atoms with Crippen molar-refractivity contribution in [3.63, 3.8) is 0 Å². The van der Waals surface area contributed by atoms with E-state index in [0.29, 0.717) is 6.54 Å². The number of rotatable bonds is 6. The molecule has 0 bridgehead atoms. The van der Waals surface area contributed by atoms with E-state index >= 15 is 0 Å². The third-order valence-corrected chi connectivity index (χ3v) is 3.80. The highest BCUT2D eigenvalue weighted by Crippen LogP contribution is 2.13. The van der Waals surface area contributed by atoms with Gasteiger partial charge in [0.05, 0.1) is 6.54 Å². The maximum absolute atomic E-state index is 12.3. The van der Waals surface area contributed by atoms with E-state index in [2.05, 4.69) is 11.4 Å². The molecule has 0 aliphatic carbocycles. The van der Waals surface area contributed by atoms with Gasteiger partial charge >= 0.3 is 0 Å². The molecule has 2 aromatic carbocycles. The molecular weight excluding hydrogens is 300 g/mol. The minimum absolute atomic E-state index is 0.0646. The number of nitrogens with one attached hydrogen (secondary N) is 1. The molecule has 1 N–H and O–H groups in total. The average molecular weight is 324 g/mol. The molecule has 4 heteroatoms. The van der Waals surface area contributed by atoms with Gasteiger partial charge in [0.25, 0.3) is 0 Å². The summed E-state index contributed by atoms with van der Waals surface area (Å²) in [6.45, 7) is 6.07. The van der Waals surface area contributed by atoms with Crippen LogP contribution in [-0.2, 0) is 16.0 Å². The molecule has 0 fully saturated rings. The topological polar surface area (TPSA) is 49.4 Å². The number of benzene rings is 2. The summed E-state index contributed by atoms with van der Waals surface area (Å²) >= 11 is 0. The minimum atomic E-state index is -0.178. The Labute approximate surface area is 143 Å². The third kappa shape index (κ3) is 5.54. The van der Waals surface area contributed by atoms with Crippen LogP contribution in [0.25, 0.3) is 0 Å². The van der Waals surface area contributed by atoms with Gasteiger partial charge < -0.3 is 10.2 Å². The Morgan fingerprint density at radius 3 is 2.21 bits per heavy atom. The van der Waals surface area contributed by atoms with E-state index in [4.69, 9.17) is 0 Å². The van der Waals surface area contributed by atoms with Crippen molar-refractivity contribution in [2.45, 2.75) is 27.2 Å². The first-order valence-electron chi connectivity index (χ1n) is 8.11. The van der Waals surface area contributed by atoms with E-state index in [0.717, 1.165) is 28.8 Å². The molecule has 126 valence electrons. The summed E-state index contributed by atoms with van der Waals surface area (Å²) in [5, 5.41) is 2.87. The lowest BCUT2D eigenvalue weighted by molar-refractivity contribution is -0.132.